The first-order valence-corrected chi connectivity index (χ1v) is 5.04. The molecule has 0 aromatic carbocycles. The minimum absolute atomic E-state index is 0.0638. The molecule has 0 N–H and O–H groups in total. The zero-order valence-corrected chi connectivity index (χ0v) is 8.78. The van der Waals surface area contributed by atoms with Crippen LogP contribution in [0.2, 0.25) is 0 Å². The first-order valence-electron chi connectivity index (χ1n) is 5.04. The van der Waals surface area contributed by atoms with Crippen LogP contribution in [0.15, 0.2) is 0 Å². The Balaban J connectivity index is 2.11. The Bertz CT molecular complexity index is 249. The molecule has 0 aliphatic carbocycles. The maximum atomic E-state index is 11.8. The van der Waals surface area contributed by atoms with Crippen LogP contribution < -0.4 is 0 Å². The number of carbonyl (C=O) groups is 1. The van der Waals surface area contributed by atoms with Crippen LogP contribution in [-0.4, -0.2) is 36.5 Å². The summed E-state index contributed by atoms with van der Waals surface area (Å²) in [6.45, 7) is 6.01. The second-order valence-electron chi connectivity index (χ2n) is 4.22. The van der Waals surface area contributed by atoms with Gasteiger partial charge in [0.05, 0.1) is 6.61 Å². The largest absolute Gasteiger partial charge is 0.361 e. The Morgan fingerprint density at radius 3 is 2.86 bits per heavy atom. The summed E-state index contributed by atoms with van der Waals surface area (Å²) in [7, 11) is 0. The maximum Gasteiger partial charge on any atom is 0.193 e. The van der Waals surface area contributed by atoms with Crippen molar-refractivity contribution < 1.29 is 19.0 Å². The predicted octanol–water partition coefficient (Wildman–Crippen LogP) is 0.884. The van der Waals surface area contributed by atoms with E-state index in [2.05, 4.69) is 0 Å². The molecule has 0 amide bonds. The lowest BCUT2D eigenvalue weighted by atomic mass is 10.1. The van der Waals surface area contributed by atoms with E-state index in [1.165, 1.54) is 0 Å². The van der Waals surface area contributed by atoms with Gasteiger partial charge in [0.1, 0.15) is 12.2 Å². The van der Waals surface area contributed by atoms with E-state index in [0.29, 0.717) is 13.0 Å². The van der Waals surface area contributed by atoms with Crippen LogP contribution in [0.4, 0.5) is 0 Å². The summed E-state index contributed by atoms with van der Waals surface area (Å²) in [4.78, 5) is 11.8. The van der Waals surface area contributed by atoms with Gasteiger partial charge in [0.2, 0.25) is 0 Å². The second-order valence-corrected chi connectivity index (χ2v) is 4.22. The van der Waals surface area contributed by atoms with E-state index >= 15 is 0 Å². The highest BCUT2D eigenvalue weighted by Gasteiger charge is 2.49. The average molecular weight is 200 g/mol. The van der Waals surface area contributed by atoms with Crippen molar-refractivity contribution in [2.45, 2.75) is 51.3 Å². The smallest absolute Gasteiger partial charge is 0.193 e. The van der Waals surface area contributed by atoms with E-state index in [4.69, 9.17) is 14.2 Å². The Morgan fingerprint density at radius 1 is 1.50 bits per heavy atom. The summed E-state index contributed by atoms with van der Waals surface area (Å²) in [6.07, 6.45) is -0.234. The Labute approximate surface area is 83.5 Å². The minimum Gasteiger partial charge on any atom is -0.361 e. The minimum atomic E-state index is -0.664. The SMILES string of the molecule is CC[C@H]1O[C@@H]2COC(C)(C)O[C@H]2C1=O. The molecule has 14 heavy (non-hydrogen) atoms. The van der Waals surface area contributed by atoms with Gasteiger partial charge in [-0.15, -0.1) is 0 Å². The first kappa shape index (κ1) is 10.1. The monoisotopic (exact) mass is 200 g/mol. The molecule has 80 valence electrons. The van der Waals surface area contributed by atoms with Crippen LogP contribution >= 0.6 is 0 Å². The molecule has 3 atom stereocenters. The molecule has 0 spiro atoms. The summed E-state index contributed by atoms with van der Waals surface area (Å²) in [5.74, 6) is -0.600. The van der Waals surface area contributed by atoms with E-state index in [1.807, 2.05) is 20.8 Å². The average Bonchev–Trinajstić information content (AvgIpc) is 2.42. The van der Waals surface area contributed by atoms with Crippen molar-refractivity contribution >= 4 is 5.78 Å². The van der Waals surface area contributed by atoms with Gasteiger partial charge in [0.15, 0.2) is 17.7 Å². The van der Waals surface area contributed by atoms with Crippen LogP contribution in [-0.2, 0) is 19.0 Å². The number of hydrogen-bond acceptors (Lipinski definition) is 4. The van der Waals surface area contributed by atoms with Crippen molar-refractivity contribution in [2.24, 2.45) is 0 Å². The molecular formula is C10H16O4. The quantitative estimate of drug-likeness (QED) is 0.630. The molecule has 0 unspecified atom stereocenters. The molecule has 0 aromatic heterocycles. The lowest BCUT2D eigenvalue weighted by molar-refractivity contribution is -0.289. The molecule has 2 saturated heterocycles. The number of ketones is 1. The molecule has 0 bridgehead atoms. The van der Waals surface area contributed by atoms with Crippen LogP contribution in [0.1, 0.15) is 27.2 Å². The number of carbonyl (C=O) groups excluding carboxylic acids is 1. The van der Waals surface area contributed by atoms with Gasteiger partial charge < -0.3 is 14.2 Å². The van der Waals surface area contributed by atoms with Gasteiger partial charge in [0.25, 0.3) is 0 Å². The fraction of sp³-hybridized carbons (Fsp3) is 0.900. The number of hydrogen-bond donors (Lipinski definition) is 0. The van der Waals surface area contributed by atoms with Gasteiger partial charge in [-0.05, 0) is 20.3 Å². The zero-order chi connectivity index (χ0) is 10.3. The highest BCUT2D eigenvalue weighted by Crippen LogP contribution is 2.31. The van der Waals surface area contributed by atoms with E-state index < -0.39 is 11.9 Å². The van der Waals surface area contributed by atoms with Crippen LogP contribution in [0.25, 0.3) is 0 Å². The van der Waals surface area contributed by atoms with Gasteiger partial charge in [-0.2, -0.15) is 0 Å². The summed E-state index contributed by atoms with van der Waals surface area (Å²) in [5.41, 5.74) is 0. The van der Waals surface area contributed by atoms with Gasteiger partial charge in [-0.3, -0.25) is 4.79 Å². The Kier molecular flexibility index (Phi) is 2.37. The number of Topliss-reactive ketones (excluding diaryl/α,β-unsaturated/α-hetero) is 1. The second kappa shape index (κ2) is 3.29. The van der Waals surface area contributed by atoms with Crippen molar-refractivity contribution in [3.63, 3.8) is 0 Å². The standard InChI is InChI=1S/C10H16O4/c1-4-6-8(11)9-7(13-6)5-12-10(2,3)14-9/h6-7,9H,4-5H2,1-3H3/t6-,7-,9-/m1/s1. The van der Waals surface area contributed by atoms with Crippen molar-refractivity contribution in [3.05, 3.63) is 0 Å². The highest BCUT2D eigenvalue weighted by molar-refractivity contribution is 5.89. The first-order chi connectivity index (χ1) is 6.53. The third kappa shape index (κ3) is 1.58. The molecule has 0 aromatic rings. The van der Waals surface area contributed by atoms with Crippen LogP contribution in [0, 0.1) is 0 Å². The summed E-state index contributed by atoms with van der Waals surface area (Å²) >= 11 is 0. The zero-order valence-electron chi connectivity index (χ0n) is 8.78. The molecule has 2 aliphatic rings. The maximum absolute atomic E-state index is 11.8. The number of fused-ring (bicyclic) bond motifs is 1. The van der Waals surface area contributed by atoms with Crippen LogP contribution in [0.5, 0.6) is 0 Å². The third-order valence-corrected chi connectivity index (χ3v) is 2.65. The highest BCUT2D eigenvalue weighted by atomic mass is 16.7. The predicted molar refractivity (Wildman–Crippen MR) is 48.9 cm³/mol. The lowest BCUT2D eigenvalue weighted by Crippen LogP contribution is -2.48. The van der Waals surface area contributed by atoms with E-state index in [0.717, 1.165) is 0 Å². The molecule has 2 aliphatic heterocycles. The summed E-state index contributed by atoms with van der Waals surface area (Å²) in [5, 5.41) is 0. The third-order valence-electron chi connectivity index (χ3n) is 2.65. The molecule has 0 radical (unpaired) electrons. The van der Waals surface area contributed by atoms with Gasteiger partial charge in [-0.25, -0.2) is 0 Å². The van der Waals surface area contributed by atoms with Gasteiger partial charge >= 0.3 is 0 Å². The Morgan fingerprint density at radius 2 is 2.21 bits per heavy atom. The molecule has 0 saturated carbocycles. The fourth-order valence-corrected chi connectivity index (χ4v) is 1.90. The van der Waals surface area contributed by atoms with Gasteiger partial charge in [-0.1, -0.05) is 6.92 Å². The van der Waals surface area contributed by atoms with Crippen molar-refractivity contribution in [1.82, 2.24) is 0 Å². The van der Waals surface area contributed by atoms with Crippen molar-refractivity contribution in [2.75, 3.05) is 6.61 Å². The lowest BCUT2D eigenvalue weighted by Gasteiger charge is -2.36. The van der Waals surface area contributed by atoms with Crippen molar-refractivity contribution in [1.29, 1.82) is 0 Å². The molecule has 4 nitrogen and oxygen atoms in total. The van der Waals surface area contributed by atoms with E-state index in [-0.39, 0.29) is 18.0 Å². The number of ether oxygens (including phenoxy) is 3. The molecule has 2 heterocycles. The van der Waals surface area contributed by atoms with Crippen molar-refractivity contribution in [3.8, 4) is 0 Å². The molecule has 2 rings (SSSR count). The van der Waals surface area contributed by atoms with Crippen LogP contribution in [0.3, 0.4) is 0 Å². The summed E-state index contributed by atoms with van der Waals surface area (Å²) in [6, 6.07) is 0. The molecule has 4 heteroatoms. The topological polar surface area (TPSA) is 44.8 Å². The molecular weight excluding hydrogens is 184 g/mol. The summed E-state index contributed by atoms with van der Waals surface area (Å²) < 4.78 is 16.5. The normalized spacial score (nSPS) is 41.1. The fourth-order valence-electron chi connectivity index (χ4n) is 1.90. The van der Waals surface area contributed by atoms with E-state index in [1.54, 1.807) is 0 Å². The van der Waals surface area contributed by atoms with Gasteiger partial charge in [0, 0.05) is 0 Å². The Hall–Kier alpha value is -0.450. The molecule has 2 fully saturated rings. The van der Waals surface area contributed by atoms with E-state index in [9.17, 15) is 4.79 Å². The number of rotatable bonds is 1.